The fraction of sp³-hybridized carbons (Fsp3) is 0.767. The van der Waals surface area contributed by atoms with Gasteiger partial charge in [0.15, 0.2) is 7.98 Å². The Morgan fingerprint density at radius 1 is 0.510 bits per heavy atom. The van der Waals surface area contributed by atoms with Crippen LogP contribution in [0.1, 0.15) is 124 Å². The first-order chi connectivity index (χ1) is 23.4. The minimum absolute atomic E-state index is 0.00864. The largest absolute Gasteiger partial charge is 0.409 e. The molecule has 49 heavy (non-hydrogen) atoms. The smallest absolute Gasteiger partial charge is 0.226 e. The highest BCUT2D eigenvalue weighted by atomic mass is 16.2. The molecule has 6 amide bonds. The highest BCUT2D eigenvalue weighted by Crippen LogP contribution is 2.02. The number of hydrogen-bond donors (Lipinski definition) is 8. The first-order valence-electron chi connectivity index (χ1n) is 16.8. The van der Waals surface area contributed by atoms with E-state index in [1.165, 1.54) is 0 Å². The topological polar surface area (TPSA) is 244 Å². The summed E-state index contributed by atoms with van der Waals surface area (Å²) in [7, 11) is 18.5. The Balaban J connectivity index is -0.000000239. The molecule has 8 radical (unpaired) electrons. The zero-order valence-electron chi connectivity index (χ0n) is 30.3. The van der Waals surface area contributed by atoms with Gasteiger partial charge >= 0.3 is 0 Å². The number of carbonyl (C=O) groups is 7. The molecule has 0 spiro atoms. The zero-order chi connectivity index (χ0) is 38.7. The number of nitrogens with one attached hydrogen (secondary N) is 6. The molecule has 0 heterocycles. The van der Waals surface area contributed by atoms with Crippen molar-refractivity contribution in [2.24, 2.45) is 11.4 Å². The third-order valence-electron chi connectivity index (χ3n) is 5.82. The maximum Gasteiger partial charge on any atom is 0.226 e. The molecular weight excluding hydrogens is 628 g/mol. The number of nitrogens with two attached hydrogens (primary N) is 2. The van der Waals surface area contributed by atoms with Crippen LogP contribution in [-0.4, -0.2) is 99.3 Å². The molecule has 0 unspecified atom stereocenters. The summed E-state index contributed by atoms with van der Waals surface area (Å²) in [5.74, 6) is -0.927. The van der Waals surface area contributed by atoms with Crippen LogP contribution in [0.2, 0.25) is 0 Å². The van der Waals surface area contributed by atoms with Crippen molar-refractivity contribution in [1.29, 1.82) is 0 Å². The van der Waals surface area contributed by atoms with Gasteiger partial charge < -0.3 is 42.5 Å². The number of ketones is 1. The van der Waals surface area contributed by atoms with Crippen LogP contribution < -0.4 is 43.0 Å². The van der Waals surface area contributed by atoms with Crippen molar-refractivity contribution >= 4 is 73.2 Å². The van der Waals surface area contributed by atoms with Crippen LogP contribution in [0.5, 0.6) is 0 Å². The average molecular weight is 688 g/mol. The van der Waals surface area contributed by atoms with Crippen molar-refractivity contribution in [3.05, 3.63) is 0 Å². The summed E-state index contributed by atoms with van der Waals surface area (Å²) in [5, 5.41) is 14.1. The molecule has 0 bridgehead atoms. The average Bonchev–Trinajstić information content (AvgIpc) is 3.10. The number of rotatable bonds is 24. The van der Waals surface area contributed by atoms with Crippen LogP contribution >= 0.6 is 0 Å². The second-order valence-corrected chi connectivity index (χ2v) is 10.1. The monoisotopic (exact) mass is 688 g/mol. The van der Waals surface area contributed by atoms with Crippen molar-refractivity contribution < 1.29 is 33.6 Å². The van der Waals surface area contributed by atoms with Crippen LogP contribution in [0.3, 0.4) is 0 Å². The highest BCUT2D eigenvalue weighted by molar-refractivity contribution is 6.15. The van der Waals surface area contributed by atoms with Gasteiger partial charge in [-0.25, -0.2) is 0 Å². The molecule has 0 fully saturated rings. The molecule has 0 rings (SSSR count). The summed E-state index contributed by atoms with van der Waals surface area (Å²) in [6, 6.07) is 0. The van der Waals surface area contributed by atoms with E-state index < -0.39 is 11.8 Å². The van der Waals surface area contributed by atoms with Gasteiger partial charge in [0, 0.05) is 45.2 Å². The van der Waals surface area contributed by atoms with Gasteiger partial charge in [-0.3, -0.25) is 34.1 Å². The van der Waals surface area contributed by atoms with E-state index >= 15 is 0 Å². The Morgan fingerprint density at radius 2 is 0.878 bits per heavy atom. The summed E-state index contributed by atoms with van der Waals surface area (Å²) >= 11 is 0. The molecule has 0 aliphatic heterocycles. The maximum absolute atomic E-state index is 11.7. The Bertz CT molecular complexity index is 845. The van der Waals surface area contributed by atoms with E-state index in [0.29, 0.717) is 58.0 Å². The van der Waals surface area contributed by atoms with Crippen molar-refractivity contribution in [3.63, 3.8) is 0 Å². The molecule has 19 heteroatoms. The highest BCUT2D eigenvalue weighted by Gasteiger charge is 2.04. The summed E-state index contributed by atoms with van der Waals surface area (Å²) < 4.78 is 0. The summed E-state index contributed by atoms with van der Waals surface area (Å²) in [5.41, 5.74) is 8.84. The molecule has 0 saturated heterocycles. The quantitative estimate of drug-likeness (QED) is 0.0475. The first-order valence-corrected chi connectivity index (χ1v) is 16.8. The zero-order valence-corrected chi connectivity index (χ0v) is 30.3. The second kappa shape index (κ2) is 46.8. The Morgan fingerprint density at radius 3 is 1.20 bits per heavy atom. The van der Waals surface area contributed by atoms with Gasteiger partial charge in [-0.2, -0.15) is 0 Å². The molecule has 0 aliphatic rings. The summed E-state index contributed by atoms with van der Waals surface area (Å²) in [6.07, 6.45) is 11.0. The van der Waals surface area contributed by atoms with Gasteiger partial charge in [-0.15, -0.1) is 0 Å². The SMILES string of the molecule is CC.CCCCC(N)=O.[B]N.[B]NC(=O)CCCCC(=O)NCCCCCC(=O)NCCCCCC(C)=O.[B]NC(=O)CNCC(=O)N[B]. The fourth-order valence-electron chi connectivity index (χ4n) is 3.28. The lowest BCUT2D eigenvalue weighted by Gasteiger charge is -2.06. The number of Topliss-reactive ketones (excluding diaryl/α,β-unsaturated/α-hetero) is 1. The van der Waals surface area contributed by atoms with Crippen molar-refractivity contribution in [1.82, 2.24) is 31.6 Å². The molecule has 15 nitrogen and oxygen atoms in total. The van der Waals surface area contributed by atoms with E-state index in [1.54, 1.807) is 6.92 Å². The van der Waals surface area contributed by atoms with Crippen LogP contribution in [0.15, 0.2) is 0 Å². The fourth-order valence-corrected chi connectivity index (χ4v) is 3.28. The predicted molar refractivity (Wildman–Crippen MR) is 197 cm³/mol. The number of primary amides is 1. The Labute approximate surface area is 299 Å². The van der Waals surface area contributed by atoms with Crippen LogP contribution in [0.25, 0.3) is 0 Å². The number of unbranched alkanes of at least 4 members (excludes halogenated alkanes) is 6. The normalized spacial score (nSPS) is 9.08. The van der Waals surface area contributed by atoms with E-state index in [0.717, 1.165) is 51.4 Å². The lowest BCUT2D eigenvalue weighted by Crippen LogP contribution is -2.38. The molecule has 0 aromatic carbocycles. The number of hydrogen-bond acceptors (Lipinski definition) is 9. The lowest BCUT2D eigenvalue weighted by atomic mass is 10.1. The van der Waals surface area contributed by atoms with E-state index in [9.17, 15) is 33.6 Å². The van der Waals surface area contributed by atoms with Gasteiger partial charge in [0.1, 0.15) is 5.78 Å². The minimum Gasteiger partial charge on any atom is -0.409 e. The Hall–Kier alpha value is -3.33. The third kappa shape index (κ3) is 57.3. The van der Waals surface area contributed by atoms with Crippen molar-refractivity contribution in [2.75, 3.05) is 26.2 Å². The van der Waals surface area contributed by atoms with Gasteiger partial charge in [-0.1, -0.05) is 40.0 Å². The molecule has 0 atom stereocenters. The summed E-state index contributed by atoms with van der Waals surface area (Å²) in [4.78, 5) is 75.8. The number of amides is 6. The van der Waals surface area contributed by atoms with Crippen LogP contribution in [0, 0.1) is 0 Å². The van der Waals surface area contributed by atoms with E-state index in [4.69, 9.17) is 29.7 Å². The molecule has 0 aromatic heterocycles. The van der Waals surface area contributed by atoms with Gasteiger partial charge in [-0.05, 0) is 51.9 Å². The molecule has 0 saturated carbocycles. The lowest BCUT2D eigenvalue weighted by molar-refractivity contribution is -0.122. The van der Waals surface area contributed by atoms with Crippen molar-refractivity contribution in [3.8, 4) is 0 Å². The molecular formula is C30H60B4N8O7. The predicted octanol–water partition coefficient (Wildman–Crippen LogP) is -0.619. The van der Waals surface area contributed by atoms with E-state index in [2.05, 4.69) is 34.8 Å². The van der Waals surface area contributed by atoms with Gasteiger partial charge in [0.25, 0.3) is 0 Å². The molecule has 0 aliphatic carbocycles. The summed E-state index contributed by atoms with van der Waals surface area (Å²) in [6.45, 7) is 8.88. The van der Waals surface area contributed by atoms with E-state index in [1.807, 2.05) is 31.2 Å². The first kappa shape index (κ1) is 55.1. The van der Waals surface area contributed by atoms with Gasteiger partial charge in [0.2, 0.25) is 59.4 Å². The van der Waals surface area contributed by atoms with Gasteiger partial charge in [0.05, 0.1) is 13.1 Å². The Kier molecular flexibility index (Phi) is 52.6. The molecule has 274 valence electrons. The molecule has 0 aromatic rings. The standard InChI is InChI=1S/C19H34BN3O4.C5H11NO.C4H7B2N3O2.C2H6.BH2N/c1-16(24)10-4-2-8-14-21-17(25)11-5-3-9-15-22-18(26)12-6-7-13-19(27)23-20;1-2-3-4-5(6)7;5-8-3(10)1-7-2-4(11)9-6;2*1-2/h2-15H2,1H3,(H,21,25)(H,22,26)(H,23,27);2-4H2,1H3,(H2,6,7);7H,1-2H2,(H,8,10)(H,9,11);1-2H3;2H2. The number of carbonyl (C=O) groups excluding carboxylic acids is 7. The van der Waals surface area contributed by atoms with Crippen molar-refractivity contribution in [2.45, 2.75) is 124 Å². The van der Waals surface area contributed by atoms with Crippen LogP contribution in [-0.2, 0) is 33.6 Å². The molecule has 10 N–H and O–H groups in total. The second-order valence-electron chi connectivity index (χ2n) is 10.1. The third-order valence-corrected chi connectivity index (χ3v) is 5.82. The minimum atomic E-state index is -0.394. The van der Waals surface area contributed by atoms with Crippen LogP contribution in [0.4, 0.5) is 0 Å². The van der Waals surface area contributed by atoms with E-state index in [-0.39, 0.29) is 42.5 Å². The maximum atomic E-state index is 11.7.